The summed E-state index contributed by atoms with van der Waals surface area (Å²) >= 11 is 6.01. The van der Waals surface area contributed by atoms with E-state index in [4.69, 9.17) is 11.6 Å². The predicted molar refractivity (Wildman–Crippen MR) is 115 cm³/mol. The molecule has 0 aliphatic carbocycles. The van der Waals surface area contributed by atoms with Crippen molar-refractivity contribution in [1.82, 2.24) is 19.6 Å². The highest BCUT2D eigenvalue weighted by atomic mass is 35.5. The van der Waals surface area contributed by atoms with Crippen molar-refractivity contribution in [2.75, 3.05) is 26.2 Å². The molecule has 0 N–H and O–H groups in total. The molecule has 3 aromatic rings. The van der Waals surface area contributed by atoms with E-state index in [2.05, 4.69) is 5.10 Å². The fourth-order valence-corrected chi connectivity index (χ4v) is 3.95. The number of hydrogen-bond donors (Lipinski definition) is 0. The van der Waals surface area contributed by atoms with E-state index in [1.807, 2.05) is 0 Å². The van der Waals surface area contributed by atoms with E-state index in [9.17, 15) is 18.8 Å². The highest BCUT2D eigenvalue weighted by molar-refractivity contribution is 6.33. The zero-order valence-corrected chi connectivity index (χ0v) is 17.6. The van der Waals surface area contributed by atoms with Gasteiger partial charge in [-0.15, -0.1) is 0 Å². The largest absolute Gasteiger partial charge is 0.335 e. The first kappa shape index (κ1) is 21.0. The van der Waals surface area contributed by atoms with Crippen LogP contribution in [-0.4, -0.2) is 57.6 Å². The van der Waals surface area contributed by atoms with E-state index < -0.39 is 5.82 Å². The fraction of sp³-hybridized carbons (Fsp3) is 0.273. The number of amides is 2. The van der Waals surface area contributed by atoms with Gasteiger partial charge < -0.3 is 9.80 Å². The standard InChI is InChI=1S/C22H20ClFN4O3/c1-2-28-21(30)16-6-4-3-5-15(16)19(25-28)22(31)27-11-9-26(10-12-27)20(29)17-8-7-14(24)13-18(17)23/h3-8,13H,2,9-12H2,1H3. The molecule has 1 aliphatic rings. The highest BCUT2D eigenvalue weighted by Crippen LogP contribution is 2.21. The number of benzene rings is 2. The predicted octanol–water partition coefficient (Wildman–Crippen LogP) is 2.81. The van der Waals surface area contributed by atoms with Crippen molar-refractivity contribution < 1.29 is 14.0 Å². The quantitative estimate of drug-likeness (QED) is 0.625. The number of carbonyl (C=O) groups is 2. The van der Waals surface area contributed by atoms with Crippen LogP contribution in [0.2, 0.25) is 5.02 Å². The number of piperazine rings is 1. The van der Waals surface area contributed by atoms with E-state index in [1.165, 1.54) is 16.8 Å². The van der Waals surface area contributed by atoms with E-state index in [1.54, 1.807) is 41.0 Å². The van der Waals surface area contributed by atoms with Crippen LogP contribution < -0.4 is 5.56 Å². The number of halogens is 2. The Bertz CT molecular complexity index is 1240. The van der Waals surface area contributed by atoms with Gasteiger partial charge in [-0.25, -0.2) is 9.07 Å². The molecule has 1 aromatic heterocycles. The molecule has 0 saturated carbocycles. The Hall–Kier alpha value is -3.26. The first-order valence-corrected chi connectivity index (χ1v) is 10.3. The number of hydrogen-bond acceptors (Lipinski definition) is 4. The van der Waals surface area contributed by atoms with Gasteiger partial charge >= 0.3 is 0 Å². The second-order valence-corrected chi connectivity index (χ2v) is 7.63. The molecule has 1 aliphatic heterocycles. The zero-order chi connectivity index (χ0) is 22.1. The van der Waals surface area contributed by atoms with Crippen molar-refractivity contribution in [2.24, 2.45) is 0 Å². The Kier molecular flexibility index (Phi) is 5.73. The third-order valence-corrected chi connectivity index (χ3v) is 5.70. The van der Waals surface area contributed by atoms with Gasteiger partial charge in [-0.2, -0.15) is 5.10 Å². The minimum absolute atomic E-state index is 0.0565. The second-order valence-electron chi connectivity index (χ2n) is 7.22. The van der Waals surface area contributed by atoms with Gasteiger partial charge in [-0.3, -0.25) is 14.4 Å². The van der Waals surface area contributed by atoms with Crippen LogP contribution in [0.15, 0.2) is 47.3 Å². The van der Waals surface area contributed by atoms with Gasteiger partial charge in [0.1, 0.15) is 5.82 Å². The van der Waals surface area contributed by atoms with Crippen LogP contribution in [0.1, 0.15) is 27.8 Å². The zero-order valence-electron chi connectivity index (χ0n) is 16.8. The van der Waals surface area contributed by atoms with Gasteiger partial charge in [-0.1, -0.05) is 29.8 Å². The summed E-state index contributed by atoms with van der Waals surface area (Å²) in [4.78, 5) is 41.7. The normalized spacial score (nSPS) is 14.2. The van der Waals surface area contributed by atoms with Gasteiger partial charge in [0.2, 0.25) is 0 Å². The molecule has 4 rings (SSSR count). The average molecular weight is 443 g/mol. The van der Waals surface area contributed by atoms with Crippen molar-refractivity contribution >= 4 is 34.2 Å². The molecule has 2 heterocycles. The maximum Gasteiger partial charge on any atom is 0.275 e. The van der Waals surface area contributed by atoms with E-state index in [0.29, 0.717) is 43.5 Å². The summed E-state index contributed by atoms with van der Waals surface area (Å²) in [6.07, 6.45) is 0. The van der Waals surface area contributed by atoms with Crippen molar-refractivity contribution in [3.8, 4) is 0 Å². The molecule has 9 heteroatoms. The lowest BCUT2D eigenvalue weighted by Crippen LogP contribution is -2.51. The van der Waals surface area contributed by atoms with Gasteiger partial charge in [-0.05, 0) is 31.2 Å². The number of fused-ring (bicyclic) bond motifs is 1. The molecule has 7 nitrogen and oxygen atoms in total. The molecule has 0 unspecified atom stereocenters. The molecule has 160 valence electrons. The third kappa shape index (κ3) is 3.90. The Balaban J connectivity index is 1.54. The number of aryl methyl sites for hydroxylation is 1. The number of nitrogens with zero attached hydrogens (tertiary/aromatic N) is 4. The average Bonchev–Trinajstić information content (AvgIpc) is 2.79. The Morgan fingerprint density at radius 3 is 2.23 bits per heavy atom. The first-order chi connectivity index (χ1) is 14.9. The van der Waals surface area contributed by atoms with Gasteiger partial charge in [0.25, 0.3) is 17.4 Å². The molecule has 0 atom stereocenters. The summed E-state index contributed by atoms with van der Waals surface area (Å²) in [5.74, 6) is -1.10. The maximum atomic E-state index is 13.3. The second kappa shape index (κ2) is 8.47. The molecule has 0 spiro atoms. The summed E-state index contributed by atoms with van der Waals surface area (Å²) in [6.45, 7) is 3.38. The fourth-order valence-electron chi connectivity index (χ4n) is 3.70. The Morgan fingerprint density at radius 2 is 1.61 bits per heavy atom. The lowest BCUT2D eigenvalue weighted by atomic mass is 10.1. The lowest BCUT2D eigenvalue weighted by Gasteiger charge is -2.35. The third-order valence-electron chi connectivity index (χ3n) is 5.39. The number of rotatable bonds is 3. The first-order valence-electron chi connectivity index (χ1n) is 9.94. The van der Waals surface area contributed by atoms with E-state index in [-0.39, 0.29) is 33.7 Å². The minimum Gasteiger partial charge on any atom is -0.335 e. The molecule has 2 amide bonds. The van der Waals surface area contributed by atoms with Crippen molar-refractivity contribution in [3.05, 3.63) is 74.9 Å². The summed E-state index contributed by atoms with van der Waals surface area (Å²) in [7, 11) is 0. The molecule has 0 bridgehead atoms. The molecule has 31 heavy (non-hydrogen) atoms. The van der Waals surface area contributed by atoms with Crippen LogP contribution in [0.4, 0.5) is 4.39 Å². The summed E-state index contributed by atoms with van der Waals surface area (Å²) in [5.41, 5.74) is 0.213. The summed E-state index contributed by atoms with van der Waals surface area (Å²) in [5, 5.41) is 5.31. The monoisotopic (exact) mass is 442 g/mol. The van der Waals surface area contributed by atoms with Gasteiger partial charge in [0.05, 0.1) is 16.0 Å². The van der Waals surface area contributed by atoms with Crippen LogP contribution in [0, 0.1) is 5.82 Å². The molecule has 1 saturated heterocycles. The van der Waals surface area contributed by atoms with Crippen LogP contribution in [0.25, 0.3) is 10.8 Å². The summed E-state index contributed by atoms with van der Waals surface area (Å²) in [6, 6.07) is 10.6. The van der Waals surface area contributed by atoms with Crippen LogP contribution in [-0.2, 0) is 6.54 Å². The van der Waals surface area contributed by atoms with E-state index in [0.717, 1.165) is 6.07 Å². The highest BCUT2D eigenvalue weighted by Gasteiger charge is 2.28. The smallest absolute Gasteiger partial charge is 0.275 e. The SMILES string of the molecule is CCn1nc(C(=O)N2CCN(C(=O)c3ccc(F)cc3Cl)CC2)c2ccccc2c1=O. The van der Waals surface area contributed by atoms with Gasteiger partial charge in [0.15, 0.2) is 5.69 Å². The lowest BCUT2D eigenvalue weighted by molar-refractivity contribution is 0.0532. The molecular weight excluding hydrogens is 423 g/mol. The Morgan fingerprint density at radius 1 is 1.00 bits per heavy atom. The minimum atomic E-state index is -0.509. The van der Waals surface area contributed by atoms with Crippen LogP contribution in [0.5, 0.6) is 0 Å². The molecule has 2 aromatic carbocycles. The van der Waals surface area contributed by atoms with Crippen LogP contribution >= 0.6 is 11.6 Å². The summed E-state index contributed by atoms with van der Waals surface area (Å²) < 4.78 is 14.5. The van der Waals surface area contributed by atoms with Crippen molar-refractivity contribution in [1.29, 1.82) is 0 Å². The number of carbonyl (C=O) groups excluding carboxylic acids is 2. The van der Waals surface area contributed by atoms with Gasteiger partial charge in [0, 0.05) is 38.1 Å². The van der Waals surface area contributed by atoms with Crippen molar-refractivity contribution in [3.63, 3.8) is 0 Å². The van der Waals surface area contributed by atoms with Crippen LogP contribution in [0.3, 0.4) is 0 Å². The van der Waals surface area contributed by atoms with E-state index >= 15 is 0 Å². The molecule has 1 fully saturated rings. The van der Waals surface area contributed by atoms with Crippen molar-refractivity contribution in [2.45, 2.75) is 13.5 Å². The molecule has 0 radical (unpaired) electrons. The Labute approximate surface area is 182 Å². The number of aromatic nitrogens is 2. The molecular formula is C22H20ClFN4O3. The topological polar surface area (TPSA) is 75.5 Å². The maximum absolute atomic E-state index is 13.3.